The highest BCUT2D eigenvalue weighted by Crippen LogP contribution is 2.14. The lowest BCUT2D eigenvalue weighted by Gasteiger charge is -2.26. The fourth-order valence-electron chi connectivity index (χ4n) is 1.90. The molecule has 0 radical (unpaired) electrons. The van der Waals surface area contributed by atoms with Crippen LogP contribution in [0.15, 0.2) is 17.5 Å². The summed E-state index contributed by atoms with van der Waals surface area (Å²) in [5.74, 6) is 0. The molecule has 0 spiro atoms. The zero-order chi connectivity index (χ0) is 12.7. The Morgan fingerprint density at radius 3 is 2.59 bits per heavy atom. The third-order valence-corrected chi connectivity index (χ3v) is 3.89. The van der Waals surface area contributed by atoms with Crippen molar-refractivity contribution in [3.8, 4) is 0 Å². The second-order valence-electron chi connectivity index (χ2n) is 5.12. The molecule has 17 heavy (non-hydrogen) atoms. The maximum Gasteiger partial charge on any atom is 0.0330 e. The molecule has 3 heteroatoms. The van der Waals surface area contributed by atoms with E-state index < -0.39 is 0 Å². The van der Waals surface area contributed by atoms with Crippen molar-refractivity contribution in [1.82, 2.24) is 4.90 Å². The van der Waals surface area contributed by atoms with Gasteiger partial charge in [-0.2, -0.15) is 0 Å². The first kappa shape index (κ1) is 14.7. The molecule has 0 fully saturated rings. The van der Waals surface area contributed by atoms with E-state index in [9.17, 15) is 0 Å². The van der Waals surface area contributed by atoms with Crippen LogP contribution >= 0.6 is 11.3 Å². The maximum absolute atomic E-state index is 5.77. The van der Waals surface area contributed by atoms with Gasteiger partial charge in [0.25, 0.3) is 0 Å². The van der Waals surface area contributed by atoms with Crippen LogP contribution in [-0.4, -0.2) is 23.5 Å². The summed E-state index contributed by atoms with van der Waals surface area (Å²) in [6.45, 7) is 8.92. The molecule has 98 valence electrons. The molecule has 2 nitrogen and oxygen atoms in total. The third kappa shape index (κ3) is 6.20. The highest BCUT2D eigenvalue weighted by molar-refractivity contribution is 7.09. The Kier molecular flexibility index (Phi) is 6.78. The Balaban J connectivity index is 2.29. The molecule has 1 atom stereocenters. The first-order valence-corrected chi connectivity index (χ1v) is 7.49. The first-order valence-electron chi connectivity index (χ1n) is 6.61. The normalized spacial score (nSPS) is 13.5. The van der Waals surface area contributed by atoms with Gasteiger partial charge in [0.05, 0.1) is 0 Å². The van der Waals surface area contributed by atoms with Gasteiger partial charge in [-0.05, 0) is 51.6 Å². The summed E-state index contributed by atoms with van der Waals surface area (Å²) in [7, 11) is 0. The van der Waals surface area contributed by atoms with Crippen molar-refractivity contribution in [2.75, 3.05) is 6.54 Å². The first-order chi connectivity index (χ1) is 8.09. The fourth-order valence-corrected chi connectivity index (χ4v) is 2.63. The number of thiophene rings is 1. The second kappa shape index (κ2) is 7.85. The molecular weight excluding hydrogens is 228 g/mol. The SMILES string of the molecule is CC(N)CCCCN(Cc1cccs1)C(C)C. The maximum atomic E-state index is 5.77. The topological polar surface area (TPSA) is 29.3 Å². The number of unbranched alkanes of at least 4 members (excludes halogenated alkanes) is 1. The van der Waals surface area contributed by atoms with Crippen molar-refractivity contribution in [2.24, 2.45) is 5.73 Å². The minimum atomic E-state index is 0.347. The average molecular weight is 254 g/mol. The fraction of sp³-hybridized carbons (Fsp3) is 0.714. The Morgan fingerprint density at radius 1 is 1.29 bits per heavy atom. The molecule has 0 aromatic carbocycles. The lowest BCUT2D eigenvalue weighted by atomic mass is 10.1. The van der Waals surface area contributed by atoms with E-state index in [2.05, 4.69) is 43.2 Å². The number of hydrogen-bond donors (Lipinski definition) is 1. The molecule has 0 amide bonds. The monoisotopic (exact) mass is 254 g/mol. The Hall–Kier alpha value is -0.380. The van der Waals surface area contributed by atoms with Crippen molar-refractivity contribution in [3.63, 3.8) is 0 Å². The lowest BCUT2D eigenvalue weighted by Crippen LogP contribution is -2.31. The smallest absolute Gasteiger partial charge is 0.0330 e. The highest BCUT2D eigenvalue weighted by Gasteiger charge is 2.10. The highest BCUT2D eigenvalue weighted by atomic mass is 32.1. The molecule has 0 aliphatic carbocycles. The molecule has 0 aliphatic rings. The summed E-state index contributed by atoms with van der Waals surface area (Å²) in [4.78, 5) is 4.01. The van der Waals surface area contributed by atoms with Crippen molar-refractivity contribution in [3.05, 3.63) is 22.4 Å². The van der Waals surface area contributed by atoms with Gasteiger partial charge in [0.15, 0.2) is 0 Å². The van der Waals surface area contributed by atoms with Crippen LogP contribution in [0.3, 0.4) is 0 Å². The van der Waals surface area contributed by atoms with E-state index >= 15 is 0 Å². The zero-order valence-corrected chi connectivity index (χ0v) is 12.2. The van der Waals surface area contributed by atoms with Crippen LogP contribution in [0.5, 0.6) is 0 Å². The van der Waals surface area contributed by atoms with E-state index in [1.54, 1.807) is 0 Å². The molecule has 0 saturated heterocycles. The van der Waals surface area contributed by atoms with Gasteiger partial charge in [0.2, 0.25) is 0 Å². The van der Waals surface area contributed by atoms with E-state index in [0.29, 0.717) is 12.1 Å². The number of nitrogens with zero attached hydrogens (tertiary/aromatic N) is 1. The van der Waals surface area contributed by atoms with Gasteiger partial charge in [0.1, 0.15) is 0 Å². The predicted octanol–water partition coefficient (Wildman–Crippen LogP) is 3.48. The van der Waals surface area contributed by atoms with Crippen LogP contribution in [0.25, 0.3) is 0 Å². The molecule has 1 heterocycles. The lowest BCUT2D eigenvalue weighted by molar-refractivity contribution is 0.209. The molecule has 1 unspecified atom stereocenters. The number of rotatable bonds is 8. The van der Waals surface area contributed by atoms with Gasteiger partial charge in [0, 0.05) is 23.5 Å². The molecule has 1 aromatic heterocycles. The van der Waals surface area contributed by atoms with E-state index in [1.165, 1.54) is 24.3 Å². The Labute approximate surface area is 110 Å². The summed E-state index contributed by atoms with van der Waals surface area (Å²) in [6, 6.07) is 5.32. The van der Waals surface area contributed by atoms with Crippen LogP contribution in [0.1, 0.15) is 44.9 Å². The summed E-state index contributed by atoms with van der Waals surface area (Å²) in [5.41, 5.74) is 5.77. The molecule has 0 saturated carbocycles. The van der Waals surface area contributed by atoms with Crippen LogP contribution < -0.4 is 5.73 Å². The van der Waals surface area contributed by atoms with Crippen LogP contribution in [-0.2, 0) is 6.54 Å². The largest absolute Gasteiger partial charge is 0.328 e. The van der Waals surface area contributed by atoms with E-state index in [0.717, 1.165) is 13.0 Å². The summed E-state index contributed by atoms with van der Waals surface area (Å²) < 4.78 is 0. The summed E-state index contributed by atoms with van der Waals surface area (Å²) in [5, 5.41) is 2.16. The summed E-state index contributed by atoms with van der Waals surface area (Å²) in [6.07, 6.45) is 3.64. The van der Waals surface area contributed by atoms with Crippen LogP contribution in [0, 0.1) is 0 Å². The summed E-state index contributed by atoms with van der Waals surface area (Å²) >= 11 is 1.85. The minimum absolute atomic E-state index is 0.347. The van der Waals surface area contributed by atoms with E-state index in [1.807, 2.05) is 11.3 Å². The Morgan fingerprint density at radius 2 is 2.06 bits per heavy atom. The van der Waals surface area contributed by atoms with Gasteiger partial charge in [-0.25, -0.2) is 0 Å². The Bertz CT molecular complexity index is 280. The van der Waals surface area contributed by atoms with Crippen molar-refractivity contribution in [1.29, 1.82) is 0 Å². The van der Waals surface area contributed by atoms with Crippen molar-refractivity contribution >= 4 is 11.3 Å². The quantitative estimate of drug-likeness (QED) is 0.720. The predicted molar refractivity (Wildman–Crippen MR) is 77.4 cm³/mol. The average Bonchev–Trinajstić information content (AvgIpc) is 2.74. The van der Waals surface area contributed by atoms with Crippen molar-refractivity contribution in [2.45, 2.75) is 58.7 Å². The second-order valence-corrected chi connectivity index (χ2v) is 6.15. The van der Waals surface area contributed by atoms with Gasteiger partial charge in [-0.3, -0.25) is 4.90 Å². The number of nitrogens with two attached hydrogens (primary N) is 1. The molecule has 2 N–H and O–H groups in total. The standard InChI is InChI=1S/C14H26N2S/c1-12(2)16(9-5-4-7-13(3)15)11-14-8-6-10-17-14/h6,8,10,12-13H,4-5,7,9,11,15H2,1-3H3. The van der Waals surface area contributed by atoms with E-state index in [4.69, 9.17) is 5.73 Å². The van der Waals surface area contributed by atoms with Gasteiger partial charge in [-0.15, -0.1) is 11.3 Å². The van der Waals surface area contributed by atoms with Crippen LogP contribution in [0.4, 0.5) is 0 Å². The molecule has 1 rings (SSSR count). The molecule has 0 bridgehead atoms. The molecule has 0 aliphatic heterocycles. The minimum Gasteiger partial charge on any atom is -0.328 e. The molecule has 1 aromatic rings. The van der Waals surface area contributed by atoms with Gasteiger partial charge < -0.3 is 5.73 Å². The zero-order valence-electron chi connectivity index (χ0n) is 11.4. The molecular formula is C14H26N2S. The third-order valence-electron chi connectivity index (χ3n) is 3.02. The van der Waals surface area contributed by atoms with Crippen molar-refractivity contribution < 1.29 is 0 Å². The van der Waals surface area contributed by atoms with Gasteiger partial charge >= 0.3 is 0 Å². The van der Waals surface area contributed by atoms with Crippen LogP contribution in [0.2, 0.25) is 0 Å². The van der Waals surface area contributed by atoms with Gasteiger partial charge in [-0.1, -0.05) is 12.5 Å². The van der Waals surface area contributed by atoms with E-state index in [-0.39, 0.29) is 0 Å². The number of hydrogen-bond acceptors (Lipinski definition) is 3.